The van der Waals surface area contributed by atoms with Crippen LogP contribution >= 0.6 is 0 Å². The van der Waals surface area contributed by atoms with Gasteiger partial charge in [-0.05, 0) is 25.1 Å². The van der Waals surface area contributed by atoms with Crippen LogP contribution in [0.1, 0.15) is 23.7 Å². The average Bonchev–Trinajstić information content (AvgIpc) is 2.37. The molecule has 0 unspecified atom stereocenters. The monoisotopic (exact) mass is 277 g/mol. The quantitative estimate of drug-likeness (QED) is 0.856. The highest BCUT2D eigenvalue weighted by Crippen LogP contribution is 2.22. The van der Waals surface area contributed by atoms with E-state index in [9.17, 15) is 9.59 Å². The Morgan fingerprint density at radius 1 is 1.00 bits per heavy atom. The third-order valence-electron chi connectivity index (χ3n) is 2.96. The summed E-state index contributed by atoms with van der Waals surface area (Å²) in [4.78, 5) is 26.9. The molecule has 0 heterocycles. The van der Waals surface area contributed by atoms with Crippen LogP contribution < -0.4 is 15.1 Å². The first-order chi connectivity index (χ1) is 9.31. The Morgan fingerprint density at radius 3 is 1.90 bits per heavy atom. The van der Waals surface area contributed by atoms with Crippen molar-refractivity contribution in [2.24, 2.45) is 0 Å². The molecule has 0 spiro atoms. The Morgan fingerprint density at radius 2 is 1.50 bits per heavy atom. The molecular formula is C15H23N3O2. The van der Waals surface area contributed by atoms with E-state index in [1.54, 1.807) is 0 Å². The molecule has 110 valence electrons. The molecule has 0 aliphatic heterocycles. The van der Waals surface area contributed by atoms with Crippen molar-refractivity contribution < 1.29 is 9.59 Å². The Labute approximate surface area is 120 Å². The molecule has 0 aliphatic carbocycles. The SMILES string of the molecule is CC(=O)CCNC(=O)c1cc(N(C)C)cc(N(C)C)c1. The largest absolute Gasteiger partial charge is 0.378 e. The van der Waals surface area contributed by atoms with Crippen molar-refractivity contribution >= 4 is 23.1 Å². The minimum absolute atomic E-state index is 0.0707. The molecule has 0 atom stereocenters. The van der Waals surface area contributed by atoms with E-state index < -0.39 is 0 Å². The van der Waals surface area contributed by atoms with Crippen LogP contribution in [0.15, 0.2) is 18.2 Å². The smallest absolute Gasteiger partial charge is 0.251 e. The van der Waals surface area contributed by atoms with Gasteiger partial charge in [0.25, 0.3) is 5.91 Å². The number of nitrogens with zero attached hydrogens (tertiary/aromatic N) is 2. The van der Waals surface area contributed by atoms with Gasteiger partial charge in [-0.25, -0.2) is 0 Å². The normalized spacial score (nSPS) is 10.1. The number of Topliss-reactive ketones (excluding diaryl/α,β-unsaturated/α-hetero) is 1. The summed E-state index contributed by atoms with van der Waals surface area (Å²) >= 11 is 0. The summed E-state index contributed by atoms with van der Waals surface area (Å²) in [5.41, 5.74) is 2.53. The fourth-order valence-electron chi connectivity index (χ4n) is 1.70. The highest BCUT2D eigenvalue weighted by atomic mass is 16.1. The number of amides is 1. The molecule has 0 aromatic heterocycles. The van der Waals surface area contributed by atoms with Crippen LogP contribution in [0, 0.1) is 0 Å². The maximum absolute atomic E-state index is 12.1. The summed E-state index contributed by atoms with van der Waals surface area (Å²) < 4.78 is 0. The highest BCUT2D eigenvalue weighted by Gasteiger charge is 2.10. The molecule has 20 heavy (non-hydrogen) atoms. The number of hydrogen-bond donors (Lipinski definition) is 1. The second kappa shape index (κ2) is 6.93. The van der Waals surface area contributed by atoms with Crippen LogP contribution in [0.3, 0.4) is 0 Å². The zero-order valence-electron chi connectivity index (χ0n) is 12.9. The lowest BCUT2D eigenvalue weighted by Gasteiger charge is -2.19. The van der Waals surface area contributed by atoms with Crippen LogP contribution in [0.5, 0.6) is 0 Å². The van der Waals surface area contributed by atoms with Gasteiger partial charge < -0.3 is 15.1 Å². The van der Waals surface area contributed by atoms with Gasteiger partial charge in [-0.15, -0.1) is 0 Å². The number of carbonyl (C=O) groups is 2. The molecule has 1 amide bonds. The van der Waals surface area contributed by atoms with Crippen LogP contribution in [0.25, 0.3) is 0 Å². The number of nitrogens with one attached hydrogen (secondary N) is 1. The average molecular weight is 277 g/mol. The number of benzene rings is 1. The standard InChI is InChI=1S/C15H23N3O2/c1-11(19)6-7-16-15(20)12-8-13(17(2)3)10-14(9-12)18(4)5/h8-10H,6-7H2,1-5H3,(H,16,20). The zero-order chi connectivity index (χ0) is 15.3. The molecule has 5 nitrogen and oxygen atoms in total. The van der Waals surface area contributed by atoms with Crippen molar-refractivity contribution in [3.8, 4) is 0 Å². The first-order valence-electron chi connectivity index (χ1n) is 6.58. The van der Waals surface area contributed by atoms with E-state index >= 15 is 0 Å². The molecule has 0 radical (unpaired) electrons. The van der Waals surface area contributed by atoms with Gasteiger partial charge in [-0.3, -0.25) is 9.59 Å². The van der Waals surface area contributed by atoms with Gasteiger partial charge in [0.1, 0.15) is 5.78 Å². The van der Waals surface area contributed by atoms with Gasteiger partial charge in [-0.2, -0.15) is 0 Å². The topological polar surface area (TPSA) is 52.7 Å². The lowest BCUT2D eigenvalue weighted by atomic mass is 10.1. The maximum Gasteiger partial charge on any atom is 0.251 e. The van der Waals surface area contributed by atoms with E-state index in [2.05, 4.69) is 5.32 Å². The lowest BCUT2D eigenvalue weighted by Crippen LogP contribution is -2.26. The number of anilines is 2. The van der Waals surface area contributed by atoms with Crippen molar-refractivity contribution in [1.29, 1.82) is 0 Å². The second-order valence-corrected chi connectivity index (χ2v) is 5.23. The van der Waals surface area contributed by atoms with Gasteiger partial charge >= 0.3 is 0 Å². The van der Waals surface area contributed by atoms with Crippen LogP contribution in [0.2, 0.25) is 0 Å². The Balaban J connectivity index is 2.92. The molecule has 1 aromatic carbocycles. The van der Waals surface area contributed by atoms with Crippen LogP contribution in [-0.2, 0) is 4.79 Å². The van der Waals surface area contributed by atoms with Crippen molar-refractivity contribution in [1.82, 2.24) is 5.32 Å². The fraction of sp³-hybridized carbons (Fsp3) is 0.467. The third-order valence-corrected chi connectivity index (χ3v) is 2.96. The van der Waals surface area contributed by atoms with Crippen LogP contribution in [0.4, 0.5) is 11.4 Å². The van der Waals surface area contributed by atoms with Crippen LogP contribution in [-0.4, -0.2) is 46.4 Å². The molecule has 0 aliphatic rings. The predicted octanol–water partition coefficient (Wildman–Crippen LogP) is 1.53. The van der Waals surface area contributed by atoms with Gasteiger partial charge in [0.15, 0.2) is 0 Å². The molecule has 0 saturated heterocycles. The summed E-state index contributed by atoms with van der Waals surface area (Å²) in [5.74, 6) is -0.0839. The molecular weight excluding hydrogens is 254 g/mol. The van der Waals surface area contributed by atoms with E-state index in [-0.39, 0.29) is 11.7 Å². The van der Waals surface area contributed by atoms with Crippen molar-refractivity contribution in [2.45, 2.75) is 13.3 Å². The molecule has 0 bridgehead atoms. The van der Waals surface area contributed by atoms with E-state index in [0.29, 0.717) is 18.5 Å². The third kappa shape index (κ3) is 4.57. The Hall–Kier alpha value is -2.04. The van der Waals surface area contributed by atoms with Crippen molar-refractivity contribution in [3.05, 3.63) is 23.8 Å². The van der Waals surface area contributed by atoms with E-state index in [0.717, 1.165) is 11.4 Å². The lowest BCUT2D eigenvalue weighted by molar-refractivity contribution is -0.116. The second-order valence-electron chi connectivity index (χ2n) is 5.23. The van der Waals surface area contributed by atoms with E-state index in [1.165, 1.54) is 6.92 Å². The summed E-state index contributed by atoms with van der Waals surface area (Å²) in [6, 6.07) is 5.71. The van der Waals surface area contributed by atoms with Gasteiger partial charge in [-0.1, -0.05) is 0 Å². The molecule has 1 rings (SSSR count). The maximum atomic E-state index is 12.1. The first kappa shape index (κ1) is 16.0. The van der Waals surface area contributed by atoms with Gasteiger partial charge in [0, 0.05) is 58.1 Å². The number of carbonyl (C=O) groups excluding carboxylic acids is 2. The minimum Gasteiger partial charge on any atom is -0.378 e. The van der Waals surface area contributed by atoms with Crippen molar-refractivity contribution in [3.63, 3.8) is 0 Å². The number of hydrogen-bond acceptors (Lipinski definition) is 4. The fourth-order valence-corrected chi connectivity index (χ4v) is 1.70. The predicted molar refractivity (Wildman–Crippen MR) is 82.7 cm³/mol. The molecule has 0 fully saturated rings. The molecule has 1 N–H and O–H groups in total. The zero-order valence-corrected chi connectivity index (χ0v) is 12.9. The minimum atomic E-state index is -0.155. The summed E-state index contributed by atoms with van der Waals surface area (Å²) in [6.45, 7) is 1.89. The number of ketones is 1. The molecule has 1 aromatic rings. The first-order valence-corrected chi connectivity index (χ1v) is 6.58. The molecule has 5 heteroatoms. The van der Waals surface area contributed by atoms with Crippen molar-refractivity contribution in [2.75, 3.05) is 44.5 Å². The summed E-state index contributed by atoms with van der Waals surface area (Å²) in [5, 5.41) is 2.77. The van der Waals surface area contributed by atoms with Gasteiger partial charge in [0.2, 0.25) is 0 Å². The van der Waals surface area contributed by atoms with E-state index in [4.69, 9.17) is 0 Å². The molecule has 0 saturated carbocycles. The summed E-state index contributed by atoms with van der Waals surface area (Å²) in [7, 11) is 7.75. The highest BCUT2D eigenvalue weighted by molar-refractivity contribution is 5.96. The Bertz CT molecular complexity index is 470. The van der Waals surface area contributed by atoms with Gasteiger partial charge in [0.05, 0.1) is 0 Å². The summed E-state index contributed by atoms with van der Waals surface area (Å²) in [6.07, 6.45) is 0.361. The number of rotatable bonds is 6. The van der Waals surface area contributed by atoms with E-state index in [1.807, 2.05) is 56.2 Å². The Kier molecular flexibility index (Phi) is 5.55.